The van der Waals surface area contributed by atoms with Gasteiger partial charge in [0.2, 0.25) is 5.91 Å². The fourth-order valence-corrected chi connectivity index (χ4v) is 2.12. The molecule has 0 saturated heterocycles. The van der Waals surface area contributed by atoms with Gasteiger partial charge in [0, 0.05) is 6.04 Å². The van der Waals surface area contributed by atoms with Crippen molar-refractivity contribution in [3.8, 4) is 0 Å². The highest BCUT2D eigenvalue weighted by molar-refractivity contribution is 5.80. The molecule has 20 heavy (non-hydrogen) atoms. The summed E-state index contributed by atoms with van der Waals surface area (Å²) in [7, 11) is 0. The van der Waals surface area contributed by atoms with Crippen molar-refractivity contribution in [2.75, 3.05) is 0 Å². The lowest BCUT2D eigenvalue weighted by Crippen LogP contribution is -2.38. The molecule has 5 nitrogen and oxygen atoms in total. The number of aryl methyl sites for hydroxylation is 1. The van der Waals surface area contributed by atoms with Gasteiger partial charge in [-0.25, -0.2) is 9.67 Å². The quantitative estimate of drug-likeness (QED) is 0.904. The predicted octanol–water partition coefficient (Wildman–Crippen LogP) is 1.89. The van der Waals surface area contributed by atoms with E-state index in [9.17, 15) is 4.79 Å². The number of carbonyl (C=O) groups is 1. The number of nitrogens with zero attached hydrogens (tertiary/aromatic N) is 3. The lowest BCUT2D eigenvalue weighted by molar-refractivity contribution is -0.124. The van der Waals surface area contributed by atoms with Crippen LogP contribution in [-0.4, -0.2) is 26.7 Å². The number of aromatic nitrogens is 3. The van der Waals surface area contributed by atoms with Gasteiger partial charge in [-0.15, -0.1) is 0 Å². The van der Waals surface area contributed by atoms with Crippen LogP contribution in [0.3, 0.4) is 0 Å². The summed E-state index contributed by atoms with van der Waals surface area (Å²) in [5, 5.41) is 7.00. The average molecular weight is 272 g/mol. The van der Waals surface area contributed by atoms with Gasteiger partial charge in [0.25, 0.3) is 0 Å². The first-order valence-electron chi connectivity index (χ1n) is 6.77. The van der Waals surface area contributed by atoms with Crippen LogP contribution in [0, 0.1) is 6.92 Å². The van der Waals surface area contributed by atoms with E-state index in [4.69, 9.17) is 0 Å². The molecule has 1 N–H and O–H groups in total. The van der Waals surface area contributed by atoms with Gasteiger partial charge in [-0.2, -0.15) is 5.10 Å². The van der Waals surface area contributed by atoms with Crippen LogP contribution in [0.25, 0.3) is 0 Å². The van der Waals surface area contributed by atoms with Gasteiger partial charge in [-0.1, -0.05) is 24.3 Å². The Morgan fingerprint density at radius 1 is 1.35 bits per heavy atom. The van der Waals surface area contributed by atoms with Gasteiger partial charge in [-0.3, -0.25) is 4.79 Å². The number of benzene rings is 1. The van der Waals surface area contributed by atoms with E-state index in [1.165, 1.54) is 17.5 Å². The van der Waals surface area contributed by atoms with E-state index < -0.39 is 0 Å². The summed E-state index contributed by atoms with van der Waals surface area (Å²) >= 11 is 0. The second-order valence-electron chi connectivity index (χ2n) is 5.09. The summed E-state index contributed by atoms with van der Waals surface area (Å²) in [4.78, 5) is 16.0. The normalized spacial score (nSPS) is 13.8. The van der Waals surface area contributed by atoms with E-state index in [-0.39, 0.29) is 18.0 Å². The Balaban J connectivity index is 1.93. The van der Waals surface area contributed by atoms with Crippen molar-refractivity contribution in [2.45, 2.75) is 39.3 Å². The van der Waals surface area contributed by atoms with Crippen LogP contribution >= 0.6 is 0 Å². The maximum atomic E-state index is 12.1. The highest BCUT2D eigenvalue weighted by Gasteiger charge is 2.17. The maximum absolute atomic E-state index is 12.1. The first-order chi connectivity index (χ1) is 9.58. The number of carbonyl (C=O) groups excluding carboxylic acids is 1. The Morgan fingerprint density at radius 2 is 2.10 bits per heavy atom. The molecule has 0 radical (unpaired) electrons. The summed E-state index contributed by atoms with van der Waals surface area (Å²) in [6, 6.07) is 7.95. The van der Waals surface area contributed by atoms with Gasteiger partial charge >= 0.3 is 0 Å². The molecule has 5 heteroatoms. The van der Waals surface area contributed by atoms with E-state index in [2.05, 4.69) is 34.5 Å². The molecular weight excluding hydrogens is 252 g/mol. The molecule has 0 aliphatic carbocycles. The molecule has 0 bridgehead atoms. The van der Waals surface area contributed by atoms with E-state index in [1.54, 1.807) is 11.0 Å². The van der Waals surface area contributed by atoms with Crippen molar-refractivity contribution in [1.82, 2.24) is 20.1 Å². The number of rotatable bonds is 5. The van der Waals surface area contributed by atoms with Crippen LogP contribution in [0.1, 0.15) is 31.0 Å². The van der Waals surface area contributed by atoms with Crippen LogP contribution < -0.4 is 5.32 Å². The molecule has 2 aromatic rings. The minimum absolute atomic E-state index is 0.0448. The zero-order chi connectivity index (χ0) is 14.5. The molecule has 2 rings (SSSR count). The molecule has 2 unspecified atom stereocenters. The largest absolute Gasteiger partial charge is 0.351 e. The van der Waals surface area contributed by atoms with Crippen molar-refractivity contribution in [3.63, 3.8) is 0 Å². The van der Waals surface area contributed by atoms with Crippen molar-refractivity contribution in [1.29, 1.82) is 0 Å². The highest BCUT2D eigenvalue weighted by Crippen LogP contribution is 2.10. The van der Waals surface area contributed by atoms with E-state index in [0.717, 1.165) is 6.42 Å². The molecule has 0 aliphatic rings. The zero-order valence-electron chi connectivity index (χ0n) is 12.1. The summed E-state index contributed by atoms with van der Waals surface area (Å²) in [5.41, 5.74) is 2.51. The van der Waals surface area contributed by atoms with Crippen molar-refractivity contribution < 1.29 is 4.79 Å². The Bertz CT molecular complexity index is 565. The van der Waals surface area contributed by atoms with Gasteiger partial charge in [0.15, 0.2) is 0 Å². The number of hydrogen-bond acceptors (Lipinski definition) is 3. The summed E-state index contributed by atoms with van der Waals surface area (Å²) < 4.78 is 1.55. The molecule has 1 heterocycles. The number of amides is 1. The number of hydrogen-bond donors (Lipinski definition) is 1. The molecule has 1 aromatic heterocycles. The predicted molar refractivity (Wildman–Crippen MR) is 77.2 cm³/mol. The van der Waals surface area contributed by atoms with Crippen LogP contribution in [0.15, 0.2) is 36.9 Å². The molecule has 1 aromatic carbocycles. The van der Waals surface area contributed by atoms with E-state index in [0.29, 0.717) is 0 Å². The summed E-state index contributed by atoms with van der Waals surface area (Å²) in [6.07, 6.45) is 3.80. The topological polar surface area (TPSA) is 59.8 Å². The molecule has 1 amide bonds. The molecule has 0 spiro atoms. The first kappa shape index (κ1) is 14.2. The molecule has 0 aliphatic heterocycles. The third kappa shape index (κ3) is 3.44. The lowest BCUT2D eigenvalue weighted by Gasteiger charge is -2.18. The molecule has 2 atom stereocenters. The zero-order valence-corrected chi connectivity index (χ0v) is 12.1. The van der Waals surface area contributed by atoms with Gasteiger partial charge in [0.05, 0.1) is 0 Å². The third-order valence-electron chi connectivity index (χ3n) is 3.39. The Labute approximate surface area is 119 Å². The first-order valence-corrected chi connectivity index (χ1v) is 6.77. The second kappa shape index (κ2) is 6.32. The van der Waals surface area contributed by atoms with Crippen LogP contribution in [-0.2, 0) is 11.2 Å². The standard InChI is InChI=1S/C15H20N4O/c1-11-6-4-5-7-14(11)8-12(2)18-15(20)13(3)19-10-16-9-17-19/h4-7,9-10,12-13H,8H2,1-3H3,(H,18,20). The minimum Gasteiger partial charge on any atom is -0.351 e. The molecule has 0 saturated carbocycles. The third-order valence-corrected chi connectivity index (χ3v) is 3.39. The second-order valence-corrected chi connectivity index (χ2v) is 5.09. The SMILES string of the molecule is Cc1ccccc1CC(C)NC(=O)C(C)n1cncn1. The average Bonchev–Trinajstić information content (AvgIpc) is 2.94. The minimum atomic E-state index is -0.350. The highest BCUT2D eigenvalue weighted by atomic mass is 16.2. The van der Waals surface area contributed by atoms with Crippen LogP contribution in [0.4, 0.5) is 0 Å². The number of nitrogens with one attached hydrogen (secondary N) is 1. The smallest absolute Gasteiger partial charge is 0.244 e. The fraction of sp³-hybridized carbons (Fsp3) is 0.400. The van der Waals surface area contributed by atoms with Gasteiger partial charge in [0.1, 0.15) is 18.7 Å². The monoisotopic (exact) mass is 272 g/mol. The van der Waals surface area contributed by atoms with Gasteiger partial charge < -0.3 is 5.32 Å². The summed E-state index contributed by atoms with van der Waals surface area (Å²) in [5.74, 6) is -0.0448. The molecule has 0 fully saturated rings. The Morgan fingerprint density at radius 3 is 2.75 bits per heavy atom. The maximum Gasteiger partial charge on any atom is 0.244 e. The van der Waals surface area contributed by atoms with E-state index >= 15 is 0 Å². The van der Waals surface area contributed by atoms with Crippen LogP contribution in [0.5, 0.6) is 0 Å². The van der Waals surface area contributed by atoms with Gasteiger partial charge in [-0.05, 0) is 38.3 Å². The fourth-order valence-electron chi connectivity index (χ4n) is 2.12. The van der Waals surface area contributed by atoms with Crippen LogP contribution in [0.2, 0.25) is 0 Å². The summed E-state index contributed by atoms with van der Waals surface area (Å²) in [6.45, 7) is 5.91. The Hall–Kier alpha value is -2.17. The van der Waals surface area contributed by atoms with Crippen molar-refractivity contribution >= 4 is 5.91 Å². The van der Waals surface area contributed by atoms with Crippen molar-refractivity contribution in [3.05, 3.63) is 48.0 Å². The lowest BCUT2D eigenvalue weighted by atomic mass is 10.0. The molecular formula is C15H20N4O. The Kier molecular flexibility index (Phi) is 4.50. The van der Waals surface area contributed by atoms with E-state index in [1.807, 2.05) is 26.0 Å². The molecule has 106 valence electrons. The van der Waals surface area contributed by atoms with Crippen molar-refractivity contribution in [2.24, 2.45) is 0 Å².